The third kappa shape index (κ3) is 3.66. The first kappa shape index (κ1) is 10.8. The zero-order valence-corrected chi connectivity index (χ0v) is 7.21. The van der Waals surface area contributed by atoms with E-state index < -0.39 is 16.6 Å². The molecule has 0 rings (SSSR count). The van der Waals surface area contributed by atoms with Gasteiger partial charge in [-0.3, -0.25) is 0 Å². The maximum Gasteiger partial charge on any atom is 0.216 e. The quantitative estimate of drug-likeness (QED) is 0.529. The molecule has 2 N–H and O–H groups in total. The molecule has 0 aromatic heterocycles. The van der Waals surface area contributed by atoms with Crippen LogP contribution >= 0.6 is 0 Å². The lowest BCUT2D eigenvalue weighted by molar-refractivity contribution is 0.264. The predicted octanol–water partition coefficient (Wildman–Crippen LogP) is -1.77. The molecule has 0 aromatic rings. The molecule has 0 aliphatic heterocycles. The standard InChI is InChI=1S/C5H13NO4S/c1-6(2-3-7)11(9,10)5-4-8/h7-8H,2-5H2,1H3. The number of nitrogens with zero attached hydrogens (tertiary/aromatic N) is 1. The highest BCUT2D eigenvalue weighted by Gasteiger charge is 2.15. The van der Waals surface area contributed by atoms with Crippen molar-refractivity contribution in [3.8, 4) is 0 Å². The molecule has 68 valence electrons. The van der Waals surface area contributed by atoms with Gasteiger partial charge in [-0.15, -0.1) is 0 Å². The number of sulfonamides is 1. The molecular formula is C5H13NO4S. The predicted molar refractivity (Wildman–Crippen MR) is 40.6 cm³/mol. The van der Waals surface area contributed by atoms with Crippen molar-refractivity contribution in [2.75, 3.05) is 32.6 Å². The fourth-order valence-electron chi connectivity index (χ4n) is 0.551. The van der Waals surface area contributed by atoms with E-state index in [1.807, 2.05) is 0 Å². The third-order valence-corrected chi connectivity index (χ3v) is 3.07. The van der Waals surface area contributed by atoms with Gasteiger partial charge in [-0.05, 0) is 0 Å². The van der Waals surface area contributed by atoms with E-state index >= 15 is 0 Å². The minimum absolute atomic E-state index is 0.0718. The largest absolute Gasteiger partial charge is 0.395 e. The monoisotopic (exact) mass is 183 g/mol. The summed E-state index contributed by atoms with van der Waals surface area (Å²) < 4.78 is 23.0. The average Bonchev–Trinajstić information content (AvgIpc) is 1.88. The molecule has 0 heterocycles. The Morgan fingerprint density at radius 1 is 1.27 bits per heavy atom. The summed E-state index contributed by atoms with van der Waals surface area (Å²) in [4.78, 5) is 0. The number of aliphatic hydroxyl groups excluding tert-OH is 2. The maximum absolute atomic E-state index is 11.0. The van der Waals surface area contributed by atoms with Crippen LogP contribution in [0.15, 0.2) is 0 Å². The topological polar surface area (TPSA) is 77.8 Å². The van der Waals surface area contributed by atoms with Gasteiger partial charge in [0.1, 0.15) is 0 Å². The van der Waals surface area contributed by atoms with Crippen LogP contribution in [0.4, 0.5) is 0 Å². The highest BCUT2D eigenvalue weighted by atomic mass is 32.2. The van der Waals surface area contributed by atoms with Gasteiger partial charge in [0.05, 0.1) is 19.0 Å². The van der Waals surface area contributed by atoms with Crippen molar-refractivity contribution in [3.05, 3.63) is 0 Å². The van der Waals surface area contributed by atoms with Crippen LogP contribution in [0.5, 0.6) is 0 Å². The second-order valence-corrected chi connectivity index (χ2v) is 4.28. The average molecular weight is 183 g/mol. The van der Waals surface area contributed by atoms with Crippen molar-refractivity contribution in [1.29, 1.82) is 0 Å². The fourth-order valence-corrected chi connectivity index (χ4v) is 1.45. The van der Waals surface area contributed by atoms with Crippen LogP contribution in [0, 0.1) is 0 Å². The minimum Gasteiger partial charge on any atom is -0.395 e. The van der Waals surface area contributed by atoms with Gasteiger partial charge < -0.3 is 10.2 Å². The van der Waals surface area contributed by atoms with Crippen molar-refractivity contribution in [3.63, 3.8) is 0 Å². The van der Waals surface area contributed by atoms with Crippen LogP contribution in [-0.2, 0) is 10.0 Å². The van der Waals surface area contributed by atoms with E-state index in [0.29, 0.717) is 0 Å². The Labute approximate surface area is 66.3 Å². The second-order valence-electron chi connectivity index (χ2n) is 2.08. The molecule has 0 amide bonds. The SMILES string of the molecule is CN(CCO)S(=O)(=O)CCO. The van der Waals surface area contributed by atoms with E-state index in [2.05, 4.69) is 0 Å². The van der Waals surface area contributed by atoms with Gasteiger partial charge in [0, 0.05) is 13.6 Å². The molecule has 11 heavy (non-hydrogen) atoms. The Bertz CT molecular complexity index is 189. The molecule has 0 atom stereocenters. The maximum atomic E-state index is 11.0. The summed E-state index contributed by atoms with van der Waals surface area (Å²) in [7, 11) is -1.99. The van der Waals surface area contributed by atoms with Crippen LogP contribution in [-0.4, -0.2) is 55.5 Å². The Balaban J connectivity index is 4.07. The molecule has 0 aliphatic rings. The van der Waals surface area contributed by atoms with Crippen molar-refractivity contribution in [2.24, 2.45) is 0 Å². The second kappa shape index (κ2) is 4.66. The summed E-state index contributed by atoms with van der Waals surface area (Å²) in [5.74, 6) is -0.288. The first-order valence-corrected chi connectivity index (χ1v) is 4.81. The van der Waals surface area contributed by atoms with Crippen LogP contribution < -0.4 is 0 Å². The lowest BCUT2D eigenvalue weighted by Crippen LogP contribution is -2.32. The number of rotatable bonds is 5. The Morgan fingerprint density at radius 3 is 2.18 bits per heavy atom. The molecule has 0 spiro atoms. The first-order chi connectivity index (χ1) is 5.04. The summed E-state index contributed by atoms with van der Waals surface area (Å²) in [5, 5.41) is 16.8. The summed E-state index contributed by atoms with van der Waals surface area (Å²) in [6, 6.07) is 0. The summed E-state index contributed by atoms with van der Waals surface area (Å²) in [6.07, 6.45) is 0. The number of likely N-dealkylation sites (N-methyl/N-ethyl adjacent to an activating group) is 1. The van der Waals surface area contributed by atoms with Gasteiger partial charge in [0.2, 0.25) is 10.0 Å². The molecule has 0 aromatic carbocycles. The van der Waals surface area contributed by atoms with Crippen molar-refractivity contribution >= 4 is 10.0 Å². The van der Waals surface area contributed by atoms with Crippen LogP contribution in [0.25, 0.3) is 0 Å². The van der Waals surface area contributed by atoms with Crippen LogP contribution in [0.2, 0.25) is 0 Å². The van der Waals surface area contributed by atoms with E-state index in [-0.39, 0.29) is 18.9 Å². The van der Waals surface area contributed by atoms with Crippen LogP contribution in [0.3, 0.4) is 0 Å². The fraction of sp³-hybridized carbons (Fsp3) is 1.00. The molecule has 5 nitrogen and oxygen atoms in total. The molecule has 6 heteroatoms. The smallest absolute Gasteiger partial charge is 0.216 e. The highest BCUT2D eigenvalue weighted by molar-refractivity contribution is 7.89. The van der Waals surface area contributed by atoms with E-state index in [4.69, 9.17) is 10.2 Å². The highest BCUT2D eigenvalue weighted by Crippen LogP contribution is 1.95. The molecule has 0 unspecified atom stereocenters. The first-order valence-electron chi connectivity index (χ1n) is 3.20. The van der Waals surface area contributed by atoms with Gasteiger partial charge in [-0.1, -0.05) is 0 Å². The Kier molecular flexibility index (Phi) is 4.58. The normalized spacial score (nSPS) is 12.4. The number of aliphatic hydroxyl groups is 2. The minimum atomic E-state index is -3.35. The molecule has 0 radical (unpaired) electrons. The zero-order valence-electron chi connectivity index (χ0n) is 6.39. The number of hydrogen-bond donors (Lipinski definition) is 2. The Hall–Kier alpha value is -0.170. The van der Waals surface area contributed by atoms with E-state index in [1.165, 1.54) is 7.05 Å². The van der Waals surface area contributed by atoms with Gasteiger partial charge in [-0.2, -0.15) is 0 Å². The van der Waals surface area contributed by atoms with Crippen molar-refractivity contribution < 1.29 is 18.6 Å². The molecular weight excluding hydrogens is 170 g/mol. The zero-order chi connectivity index (χ0) is 8.91. The molecule has 0 saturated heterocycles. The van der Waals surface area contributed by atoms with E-state index in [0.717, 1.165) is 4.31 Å². The lowest BCUT2D eigenvalue weighted by Gasteiger charge is -2.14. The molecule has 0 fully saturated rings. The molecule has 0 bridgehead atoms. The lowest BCUT2D eigenvalue weighted by atomic mass is 10.7. The van der Waals surface area contributed by atoms with Gasteiger partial charge in [0.25, 0.3) is 0 Å². The molecule has 0 aliphatic carbocycles. The van der Waals surface area contributed by atoms with E-state index in [1.54, 1.807) is 0 Å². The summed E-state index contributed by atoms with van der Waals surface area (Å²) >= 11 is 0. The summed E-state index contributed by atoms with van der Waals surface area (Å²) in [5.41, 5.74) is 0. The van der Waals surface area contributed by atoms with Gasteiger partial charge >= 0.3 is 0 Å². The Morgan fingerprint density at radius 2 is 1.82 bits per heavy atom. The van der Waals surface area contributed by atoms with Gasteiger partial charge in [-0.25, -0.2) is 12.7 Å². The molecule has 0 saturated carbocycles. The summed E-state index contributed by atoms with van der Waals surface area (Å²) in [6.45, 7) is -0.526. The number of hydrogen-bond acceptors (Lipinski definition) is 4. The van der Waals surface area contributed by atoms with Crippen molar-refractivity contribution in [2.45, 2.75) is 0 Å². The third-order valence-electron chi connectivity index (χ3n) is 1.24. The van der Waals surface area contributed by atoms with Crippen LogP contribution in [0.1, 0.15) is 0 Å². The van der Waals surface area contributed by atoms with Crippen molar-refractivity contribution in [1.82, 2.24) is 4.31 Å². The van der Waals surface area contributed by atoms with E-state index in [9.17, 15) is 8.42 Å². The van der Waals surface area contributed by atoms with Gasteiger partial charge in [0.15, 0.2) is 0 Å².